The summed E-state index contributed by atoms with van der Waals surface area (Å²) >= 11 is 1.56. The summed E-state index contributed by atoms with van der Waals surface area (Å²) in [6.45, 7) is 0. The van der Waals surface area contributed by atoms with Crippen LogP contribution in [0.25, 0.3) is 6.08 Å². The molecule has 1 heterocycles. The molecule has 1 aliphatic carbocycles. The van der Waals surface area contributed by atoms with Crippen molar-refractivity contribution in [2.24, 2.45) is 10.7 Å². The Bertz CT molecular complexity index is 896. The van der Waals surface area contributed by atoms with Crippen LogP contribution in [0.15, 0.2) is 70.4 Å². The Balaban J connectivity index is 1.72. The lowest BCUT2D eigenvalue weighted by atomic mass is 10.0. The Kier molecular flexibility index (Phi) is 4.01. The smallest absolute Gasteiger partial charge is 0.160 e. The van der Waals surface area contributed by atoms with Gasteiger partial charge in [-0.3, -0.25) is 0 Å². The fraction of sp³-hybridized carbons (Fsp3) is 0.150. The third-order valence-corrected chi connectivity index (χ3v) is 5.60. The van der Waals surface area contributed by atoms with Gasteiger partial charge in [-0.15, -0.1) is 0 Å². The summed E-state index contributed by atoms with van der Waals surface area (Å²) in [4.78, 5) is 4.60. The lowest BCUT2D eigenvalue weighted by Crippen LogP contribution is -2.15. The fourth-order valence-electron chi connectivity index (χ4n) is 3.27. The summed E-state index contributed by atoms with van der Waals surface area (Å²) in [5, 5.41) is 19.7. The van der Waals surface area contributed by atoms with E-state index >= 15 is 0 Å². The average Bonchev–Trinajstić information content (AvgIpc) is 3.00. The minimum Gasteiger partial charge on any atom is -0.508 e. The van der Waals surface area contributed by atoms with E-state index in [0.717, 1.165) is 29.7 Å². The van der Waals surface area contributed by atoms with Gasteiger partial charge < -0.3 is 15.9 Å². The van der Waals surface area contributed by atoms with Crippen molar-refractivity contribution in [3.63, 3.8) is 0 Å². The van der Waals surface area contributed by atoms with Gasteiger partial charge in [0.05, 0.1) is 10.9 Å². The van der Waals surface area contributed by atoms with E-state index in [9.17, 15) is 10.2 Å². The zero-order valence-corrected chi connectivity index (χ0v) is 14.3. The van der Waals surface area contributed by atoms with Crippen LogP contribution >= 0.6 is 11.8 Å². The highest BCUT2D eigenvalue weighted by molar-refractivity contribution is 8.14. The second kappa shape index (κ2) is 6.33. The van der Waals surface area contributed by atoms with Gasteiger partial charge in [-0.1, -0.05) is 36.0 Å². The number of thioether (sulfide) groups is 1. The number of hydrogen-bond donors (Lipinski definition) is 3. The summed E-state index contributed by atoms with van der Waals surface area (Å²) in [7, 11) is 0. The Morgan fingerprint density at radius 3 is 2.28 bits per heavy atom. The second-order valence-electron chi connectivity index (χ2n) is 6.17. The number of phenolic OH excluding ortho intramolecular Hbond substituents is 2. The number of nitrogens with two attached hydrogens (primary N) is 1. The van der Waals surface area contributed by atoms with Gasteiger partial charge in [0.2, 0.25) is 0 Å². The van der Waals surface area contributed by atoms with Crippen molar-refractivity contribution >= 4 is 23.0 Å². The number of aromatic hydroxyl groups is 2. The van der Waals surface area contributed by atoms with Crippen LogP contribution in [0, 0.1) is 0 Å². The molecular formula is C20H18N2O2S. The number of allylic oxidation sites excluding steroid dienone is 1. The van der Waals surface area contributed by atoms with E-state index in [1.165, 1.54) is 11.1 Å². The predicted molar refractivity (Wildman–Crippen MR) is 102 cm³/mol. The van der Waals surface area contributed by atoms with Crippen molar-refractivity contribution < 1.29 is 10.2 Å². The summed E-state index contributed by atoms with van der Waals surface area (Å²) in [5.41, 5.74) is 11.7. The zero-order valence-electron chi connectivity index (χ0n) is 13.5. The van der Waals surface area contributed by atoms with Crippen molar-refractivity contribution in [3.8, 4) is 11.5 Å². The normalized spacial score (nSPS) is 21.4. The molecule has 4 rings (SSSR count). The largest absolute Gasteiger partial charge is 0.508 e. The number of rotatable bonds is 2. The van der Waals surface area contributed by atoms with Crippen LogP contribution in [0.3, 0.4) is 0 Å². The van der Waals surface area contributed by atoms with Gasteiger partial charge in [0.25, 0.3) is 0 Å². The van der Waals surface area contributed by atoms with Crippen LogP contribution in [0.2, 0.25) is 0 Å². The molecule has 1 atom stereocenters. The molecule has 2 aromatic rings. The molecule has 2 aliphatic rings. The van der Waals surface area contributed by atoms with Crippen molar-refractivity contribution in [2.45, 2.75) is 18.1 Å². The van der Waals surface area contributed by atoms with Crippen molar-refractivity contribution in [1.82, 2.24) is 0 Å². The molecule has 25 heavy (non-hydrogen) atoms. The molecule has 0 fully saturated rings. The summed E-state index contributed by atoms with van der Waals surface area (Å²) in [6, 6.07) is 14.5. The topological polar surface area (TPSA) is 78.8 Å². The molecule has 0 amide bonds. The SMILES string of the molecule is NC1=NC2=C(CC/C2=C\c2ccc(O)cc2)C(c2ccc(O)cc2)S1. The molecule has 0 saturated heterocycles. The minimum atomic E-state index is 0.138. The average molecular weight is 350 g/mol. The van der Waals surface area contributed by atoms with Crippen LogP contribution in [-0.2, 0) is 0 Å². The molecule has 5 heteroatoms. The highest BCUT2D eigenvalue weighted by Gasteiger charge is 2.31. The molecule has 0 bridgehead atoms. The molecule has 1 unspecified atom stereocenters. The molecule has 0 saturated carbocycles. The van der Waals surface area contributed by atoms with Crippen LogP contribution in [0.5, 0.6) is 11.5 Å². The standard InChI is InChI=1S/C20H18N2O2S/c21-20-22-18-14(11-12-1-6-15(23)7-2-12)5-10-17(18)19(25-20)13-3-8-16(24)9-4-13/h1-4,6-9,11,19,23-24H,5,10H2,(H2,21,22)/b14-11+. The Morgan fingerprint density at radius 1 is 0.960 bits per heavy atom. The maximum absolute atomic E-state index is 9.53. The van der Waals surface area contributed by atoms with Gasteiger partial charge in [-0.05, 0) is 65.5 Å². The molecule has 1 aliphatic heterocycles. The van der Waals surface area contributed by atoms with E-state index in [-0.39, 0.29) is 16.7 Å². The lowest BCUT2D eigenvalue weighted by Gasteiger charge is -2.22. The molecule has 2 aromatic carbocycles. The molecule has 0 aromatic heterocycles. The first-order valence-electron chi connectivity index (χ1n) is 8.13. The maximum atomic E-state index is 9.53. The number of aliphatic imine (C=N–C) groups is 1. The highest BCUT2D eigenvalue weighted by atomic mass is 32.2. The summed E-state index contributed by atoms with van der Waals surface area (Å²) < 4.78 is 0. The van der Waals surface area contributed by atoms with Crippen molar-refractivity contribution in [2.75, 3.05) is 0 Å². The molecule has 0 spiro atoms. The third kappa shape index (κ3) is 3.15. The number of hydrogen-bond acceptors (Lipinski definition) is 5. The van der Waals surface area contributed by atoms with Gasteiger partial charge in [0.1, 0.15) is 11.5 Å². The van der Waals surface area contributed by atoms with Crippen LogP contribution in [-0.4, -0.2) is 15.4 Å². The zero-order chi connectivity index (χ0) is 17.4. The lowest BCUT2D eigenvalue weighted by molar-refractivity contribution is 0.474. The molecular weight excluding hydrogens is 332 g/mol. The van der Waals surface area contributed by atoms with E-state index in [1.54, 1.807) is 36.0 Å². The first kappa shape index (κ1) is 15.8. The van der Waals surface area contributed by atoms with E-state index in [4.69, 9.17) is 5.73 Å². The van der Waals surface area contributed by atoms with E-state index < -0.39 is 0 Å². The Morgan fingerprint density at radius 2 is 1.60 bits per heavy atom. The number of amidine groups is 1. The highest BCUT2D eigenvalue weighted by Crippen LogP contribution is 2.49. The van der Waals surface area contributed by atoms with E-state index in [2.05, 4.69) is 11.1 Å². The minimum absolute atomic E-state index is 0.138. The third-order valence-electron chi connectivity index (χ3n) is 4.48. The van der Waals surface area contributed by atoms with Crippen molar-refractivity contribution in [1.29, 1.82) is 0 Å². The van der Waals surface area contributed by atoms with E-state index in [1.807, 2.05) is 24.3 Å². The second-order valence-corrected chi connectivity index (χ2v) is 7.30. The van der Waals surface area contributed by atoms with E-state index in [0.29, 0.717) is 5.17 Å². The number of benzene rings is 2. The quantitative estimate of drug-likeness (QED) is 0.753. The van der Waals surface area contributed by atoms with Gasteiger partial charge >= 0.3 is 0 Å². The van der Waals surface area contributed by atoms with Gasteiger partial charge in [-0.25, -0.2) is 4.99 Å². The van der Waals surface area contributed by atoms with Gasteiger partial charge in [-0.2, -0.15) is 0 Å². The number of phenols is 2. The van der Waals surface area contributed by atoms with Gasteiger partial charge in [0.15, 0.2) is 5.17 Å². The molecule has 0 radical (unpaired) electrons. The van der Waals surface area contributed by atoms with Crippen LogP contribution < -0.4 is 5.73 Å². The Hall–Kier alpha value is -2.66. The van der Waals surface area contributed by atoms with Crippen molar-refractivity contribution in [3.05, 3.63) is 76.5 Å². The predicted octanol–water partition coefficient (Wildman–Crippen LogP) is 4.33. The molecule has 4 nitrogen and oxygen atoms in total. The first-order valence-corrected chi connectivity index (χ1v) is 9.01. The summed E-state index contributed by atoms with van der Waals surface area (Å²) in [6.07, 6.45) is 3.99. The van der Waals surface area contributed by atoms with Crippen LogP contribution in [0.4, 0.5) is 0 Å². The monoisotopic (exact) mass is 350 g/mol. The number of nitrogens with zero attached hydrogens (tertiary/aromatic N) is 1. The molecule has 4 N–H and O–H groups in total. The summed E-state index contributed by atoms with van der Waals surface area (Å²) in [5.74, 6) is 0.525. The van der Waals surface area contributed by atoms with Gasteiger partial charge in [0, 0.05) is 0 Å². The first-order chi connectivity index (χ1) is 12.1. The Labute approximate surface area is 150 Å². The van der Waals surface area contributed by atoms with Crippen LogP contribution in [0.1, 0.15) is 29.2 Å². The molecule has 126 valence electrons. The fourth-order valence-corrected chi connectivity index (χ4v) is 4.32. The maximum Gasteiger partial charge on any atom is 0.160 e.